The summed E-state index contributed by atoms with van der Waals surface area (Å²) in [4.78, 5) is 23.4. The van der Waals surface area contributed by atoms with E-state index >= 15 is 0 Å². The number of carbonyl (C=O) groups excluding carboxylic acids is 1. The van der Waals surface area contributed by atoms with Crippen molar-refractivity contribution in [1.82, 2.24) is 5.32 Å². The van der Waals surface area contributed by atoms with Gasteiger partial charge in [0.05, 0.1) is 6.04 Å². The lowest BCUT2D eigenvalue weighted by Crippen LogP contribution is -2.55. The van der Waals surface area contributed by atoms with Gasteiger partial charge in [-0.3, -0.25) is 4.79 Å². The molecule has 0 aromatic carbocycles. The van der Waals surface area contributed by atoms with Crippen molar-refractivity contribution in [2.24, 2.45) is 17.1 Å². The summed E-state index contributed by atoms with van der Waals surface area (Å²) in [7, 11) is 0. The lowest BCUT2D eigenvalue weighted by Gasteiger charge is -2.31. The average molecular weight is 270 g/mol. The van der Waals surface area contributed by atoms with Gasteiger partial charge >= 0.3 is 5.97 Å². The van der Waals surface area contributed by atoms with Crippen LogP contribution in [0.5, 0.6) is 0 Å². The second kappa shape index (κ2) is 6.37. The zero-order chi connectivity index (χ0) is 14.6. The predicted octanol–water partition coefficient (Wildman–Crippen LogP) is 1.51. The highest BCUT2D eigenvalue weighted by molar-refractivity contribution is 5.87. The molecule has 1 rings (SSSR count). The number of rotatable bonds is 4. The largest absolute Gasteiger partial charge is 0.480 e. The van der Waals surface area contributed by atoms with Crippen LogP contribution >= 0.6 is 0 Å². The summed E-state index contributed by atoms with van der Waals surface area (Å²) in [6.07, 6.45) is 4.95. The van der Waals surface area contributed by atoms with Crippen molar-refractivity contribution in [3.05, 3.63) is 0 Å². The maximum Gasteiger partial charge on any atom is 0.326 e. The van der Waals surface area contributed by atoms with E-state index in [9.17, 15) is 14.7 Å². The van der Waals surface area contributed by atoms with Crippen LogP contribution in [0.2, 0.25) is 0 Å². The molecular formula is C14H26N2O3. The average Bonchev–Trinajstić information content (AvgIpc) is 2.34. The zero-order valence-electron chi connectivity index (χ0n) is 12.1. The molecule has 5 heteroatoms. The molecule has 0 bridgehead atoms. The van der Waals surface area contributed by atoms with E-state index in [0.29, 0.717) is 0 Å². The Balaban J connectivity index is 2.68. The third-order valence-corrected chi connectivity index (χ3v) is 3.90. The lowest BCUT2D eigenvalue weighted by atomic mass is 9.83. The topological polar surface area (TPSA) is 92.4 Å². The molecule has 1 amide bonds. The van der Waals surface area contributed by atoms with E-state index in [0.717, 1.165) is 32.1 Å². The number of nitrogens with one attached hydrogen (secondary N) is 1. The van der Waals surface area contributed by atoms with Gasteiger partial charge in [-0.2, -0.15) is 0 Å². The van der Waals surface area contributed by atoms with Gasteiger partial charge in [-0.15, -0.1) is 0 Å². The maximum absolute atomic E-state index is 12.0. The van der Waals surface area contributed by atoms with Crippen LogP contribution in [0.3, 0.4) is 0 Å². The van der Waals surface area contributed by atoms with Gasteiger partial charge in [-0.05, 0) is 24.2 Å². The first-order valence-corrected chi connectivity index (χ1v) is 7.02. The van der Waals surface area contributed by atoms with Gasteiger partial charge in [0.2, 0.25) is 5.91 Å². The zero-order valence-corrected chi connectivity index (χ0v) is 12.1. The van der Waals surface area contributed by atoms with E-state index in [2.05, 4.69) is 5.32 Å². The summed E-state index contributed by atoms with van der Waals surface area (Å²) >= 11 is 0. The van der Waals surface area contributed by atoms with Crippen molar-refractivity contribution in [2.45, 2.75) is 65.0 Å². The van der Waals surface area contributed by atoms with Crippen LogP contribution in [0.1, 0.15) is 52.9 Å². The lowest BCUT2D eigenvalue weighted by molar-refractivity contribution is -0.144. The Kier molecular flexibility index (Phi) is 5.35. The standard InChI is InChI=1S/C14H26N2O3/c1-14(2,3)11(15)12(17)16-10(13(18)19)9-7-5-4-6-8-9/h9-11H,4-8,15H2,1-3H3,(H,16,17)(H,18,19)/t10?,11-/m1/s1. The number of carboxylic acid groups (broad SMARTS) is 1. The number of carboxylic acids is 1. The van der Waals surface area contributed by atoms with E-state index in [1.54, 1.807) is 0 Å². The molecule has 2 atom stereocenters. The Bertz CT molecular complexity index is 330. The van der Waals surface area contributed by atoms with Crippen LogP contribution in [0, 0.1) is 11.3 Å². The highest BCUT2D eigenvalue weighted by Crippen LogP contribution is 2.27. The summed E-state index contributed by atoms with van der Waals surface area (Å²) in [6, 6.07) is -1.50. The molecule has 1 unspecified atom stereocenters. The summed E-state index contributed by atoms with van der Waals surface area (Å²) in [5.74, 6) is -1.30. The minimum Gasteiger partial charge on any atom is -0.480 e. The normalized spacial score (nSPS) is 20.6. The molecule has 0 aromatic rings. The summed E-state index contributed by atoms with van der Waals surface area (Å²) < 4.78 is 0. The van der Waals surface area contributed by atoms with E-state index < -0.39 is 18.1 Å². The molecule has 0 radical (unpaired) electrons. The third-order valence-electron chi connectivity index (χ3n) is 3.90. The Hall–Kier alpha value is -1.10. The fraction of sp³-hybridized carbons (Fsp3) is 0.857. The third kappa shape index (κ3) is 4.49. The van der Waals surface area contributed by atoms with E-state index in [-0.39, 0.29) is 17.2 Å². The van der Waals surface area contributed by atoms with Crippen LogP contribution in [0.15, 0.2) is 0 Å². The minimum atomic E-state index is -0.957. The van der Waals surface area contributed by atoms with Crippen molar-refractivity contribution in [3.8, 4) is 0 Å². The number of nitrogens with two attached hydrogens (primary N) is 1. The summed E-state index contributed by atoms with van der Waals surface area (Å²) in [5, 5.41) is 11.9. The van der Waals surface area contributed by atoms with Gasteiger partial charge in [0.15, 0.2) is 0 Å². The van der Waals surface area contributed by atoms with Crippen LogP contribution in [-0.4, -0.2) is 29.1 Å². The SMILES string of the molecule is CC(C)(C)[C@H](N)C(=O)NC(C(=O)O)C1CCCCC1. The molecule has 110 valence electrons. The minimum absolute atomic E-state index is 0.0300. The van der Waals surface area contributed by atoms with E-state index in [1.165, 1.54) is 0 Å². The van der Waals surface area contributed by atoms with Crippen molar-refractivity contribution >= 4 is 11.9 Å². The molecule has 5 nitrogen and oxygen atoms in total. The number of hydrogen-bond donors (Lipinski definition) is 3. The first-order valence-electron chi connectivity index (χ1n) is 7.02. The van der Waals surface area contributed by atoms with Gasteiger partial charge < -0.3 is 16.2 Å². The molecule has 4 N–H and O–H groups in total. The molecule has 1 aliphatic carbocycles. The van der Waals surface area contributed by atoms with Gasteiger partial charge in [-0.25, -0.2) is 4.79 Å². The highest BCUT2D eigenvalue weighted by Gasteiger charge is 2.34. The van der Waals surface area contributed by atoms with Crippen LogP contribution in [0.4, 0.5) is 0 Å². The van der Waals surface area contributed by atoms with E-state index in [4.69, 9.17) is 5.73 Å². The van der Waals surface area contributed by atoms with Crippen LogP contribution < -0.4 is 11.1 Å². The number of amides is 1. The number of hydrogen-bond acceptors (Lipinski definition) is 3. The molecular weight excluding hydrogens is 244 g/mol. The first-order chi connectivity index (χ1) is 8.73. The molecule has 0 spiro atoms. The Labute approximate surface area is 114 Å². The summed E-state index contributed by atoms with van der Waals surface area (Å²) in [5.41, 5.74) is 5.49. The smallest absolute Gasteiger partial charge is 0.326 e. The number of carbonyl (C=O) groups is 2. The van der Waals surface area contributed by atoms with E-state index in [1.807, 2.05) is 20.8 Å². The fourth-order valence-corrected chi connectivity index (χ4v) is 2.49. The fourth-order valence-electron chi connectivity index (χ4n) is 2.49. The molecule has 0 aliphatic heterocycles. The Morgan fingerprint density at radius 2 is 1.74 bits per heavy atom. The second-order valence-corrected chi connectivity index (χ2v) is 6.57. The molecule has 0 heterocycles. The van der Waals surface area contributed by atoms with Crippen molar-refractivity contribution in [1.29, 1.82) is 0 Å². The Morgan fingerprint density at radius 3 is 2.16 bits per heavy atom. The molecule has 0 aromatic heterocycles. The second-order valence-electron chi connectivity index (χ2n) is 6.57. The van der Waals surface area contributed by atoms with Crippen LogP contribution in [-0.2, 0) is 9.59 Å². The van der Waals surface area contributed by atoms with Gasteiger partial charge in [0.1, 0.15) is 6.04 Å². The molecule has 19 heavy (non-hydrogen) atoms. The quantitative estimate of drug-likeness (QED) is 0.722. The molecule has 1 aliphatic rings. The maximum atomic E-state index is 12.0. The Morgan fingerprint density at radius 1 is 1.21 bits per heavy atom. The number of aliphatic carboxylic acids is 1. The van der Waals surface area contributed by atoms with Crippen LogP contribution in [0.25, 0.3) is 0 Å². The van der Waals surface area contributed by atoms with Crippen molar-refractivity contribution in [3.63, 3.8) is 0 Å². The highest BCUT2D eigenvalue weighted by atomic mass is 16.4. The molecule has 1 saturated carbocycles. The summed E-state index contributed by atoms with van der Waals surface area (Å²) in [6.45, 7) is 5.61. The monoisotopic (exact) mass is 270 g/mol. The van der Waals surface area contributed by atoms with Gasteiger partial charge in [0.25, 0.3) is 0 Å². The van der Waals surface area contributed by atoms with Crippen molar-refractivity contribution < 1.29 is 14.7 Å². The molecule has 1 fully saturated rings. The van der Waals surface area contributed by atoms with Gasteiger partial charge in [-0.1, -0.05) is 40.0 Å². The predicted molar refractivity (Wildman–Crippen MR) is 73.6 cm³/mol. The molecule has 0 saturated heterocycles. The first kappa shape index (κ1) is 16.0. The van der Waals surface area contributed by atoms with Gasteiger partial charge in [0, 0.05) is 0 Å². The van der Waals surface area contributed by atoms with Crippen molar-refractivity contribution in [2.75, 3.05) is 0 Å².